The van der Waals surface area contributed by atoms with Crippen molar-refractivity contribution in [3.8, 4) is 0 Å². The molecule has 15 heavy (non-hydrogen) atoms. The Labute approximate surface area is 98.6 Å². The van der Waals surface area contributed by atoms with Crippen molar-refractivity contribution in [2.75, 3.05) is 6.54 Å². The molecule has 1 nitrogen and oxygen atoms in total. The molecular weight excluding hydrogens is 202 g/mol. The maximum Gasteiger partial charge on any atom is 0.0310 e. The molecule has 88 valence electrons. The van der Waals surface area contributed by atoms with E-state index >= 15 is 0 Å². The van der Waals surface area contributed by atoms with Crippen molar-refractivity contribution >= 4 is 11.8 Å². The van der Waals surface area contributed by atoms with Crippen molar-refractivity contribution in [3.05, 3.63) is 0 Å². The lowest BCUT2D eigenvalue weighted by Gasteiger charge is -2.36. The maximum absolute atomic E-state index is 6.06. The highest BCUT2D eigenvalue weighted by Crippen LogP contribution is 2.49. The summed E-state index contributed by atoms with van der Waals surface area (Å²) in [6.07, 6.45) is 11.4. The molecule has 2 saturated carbocycles. The molecule has 2 aliphatic rings. The average molecular weight is 227 g/mol. The van der Waals surface area contributed by atoms with E-state index in [0.29, 0.717) is 4.75 Å². The molecule has 2 fully saturated rings. The molecule has 0 spiro atoms. The molecule has 0 aliphatic heterocycles. The van der Waals surface area contributed by atoms with Crippen molar-refractivity contribution in [3.63, 3.8) is 0 Å². The average Bonchev–Trinajstić information content (AvgIpc) is 2.62. The quantitative estimate of drug-likeness (QED) is 0.797. The van der Waals surface area contributed by atoms with Gasteiger partial charge in [0.05, 0.1) is 0 Å². The van der Waals surface area contributed by atoms with Gasteiger partial charge in [-0.3, -0.25) is 0 Å². The summed E-state index contributed by atoms with van der Waals surface area (Å²) in [4.78, 5) is 0. The predicted octanol–water partition coefficient (Wildman–Crippen LogP) is 3.57. The van der Waals surface area contributed by atoms with Crippen LogP contribution in [0.5, 0.6) is 0 Å². The molecule has 2 heteroatoms. The van der Waals surface area contributed by atoms with E-state index in [-0.39, 0.29) is 0 Å². The van der Waals surface area contributed by atoms with Crippen molar-refractivity contribution < 1.29 is 0 Å². The lowest BCUT2D eigenvalue weighted by molar-refractivity contribution is 0.461. The highest BCUT2D eigenvalue weighted by Gasteiger charge is 2.41. The van der Waals surface area contributed by atoms with Crippen LogP contribution in [0.2, 0.25) is 0 Å². The molecular formula is C13H25NS. The van der Waals surface area contributed by atoms with E-state index in [1.165, 1.54) is 51.4 Å². The fourth-order valence-corrected chi connectivity index (χ4v) is 5.20. The summed E-state index contributed by atoms with van der Waals surface area (Å²) in [6.45, 7) is 3.31. The van der Waals surface area contributed by atoms with Crippen LogP contribution < -0.4 is 5.73 Å². The fourth-order valence-electron chi connectivity index (χ4n) is 3.26. The van der Waals surface area contributed by atoms with Gasteiger partial charge in [0.2, 0.25) is 0 Å². The topological polar surface area (TPSA) is 26.0 Å². The molecule has 0 radical (unpaired) electrons. The first-order chi connectivity index (χ1) is 7.27. The number of thioether (sulfide) groups is 1. The van der Waals surface area contributed by atoms with Crippen molar-refractivity contribution in [1.29, 1.82) is 0 Å². The first-order valence-electron chi connectivity index (χ1n) is 6.65. The van der Waals surface area contributed by atoms with Gasteiger partial charge in [0, 0.05) is 16.5 Å². The lowest BCUT2D eigenvalue weighted by Crippen LogP contribution is -2.39. The summed E-state index contributed by atoms with van der Waals surface area (Å²) in [6, 6.07) is 0. The van der Waals surface area contributed by atoms with E-state index in [4.69, 9.17) is 5.73 Å². The molecule has 0 saturated heterocycles. The van der Waals surface area contributed by atoms with Crippen LogP contribution in [0.1, 0.15) is 58.3 Å². The Morgan fingerprint density at radius 1 is 1.13 bits per heavy atom. The maximum atomic E-state index is 6.06. The van der Waals surface area contributed by atoms with Crippen LogP contribution in [0, 0.1) is 5.92 Å². The zero-order chi connectivity index (χ0) is 10.7. The molecule has 2 aliphatic carbocycles. The summed E-state index contributed by atoms with van der Waals surface area (Å²) in [5.74, 6) is 0.842. The largest absolute Gasteiger partial charge is 0.329 e. The minimum atomic E-state index is 0.446. The van der Waals surface area contributed by atoms with E-state index < -0.39 is 0 Å². The van der Waals surface area contributed by atoms with E-state index in [2.05, 4.69) is 18.7 Å². The molecule has 0 bridgehead atoms. The number of hydrogen-bond acceptors (Lipinski definition) is 2. The van der Waals surface area contributed by atoms with E-state index in [0.717, 1.165) is 17.7 Å². The van der Waals surface area contributed by atoms with Gasteiger partial charge < -0.3 is 5.73 Å². The zero-order valence-electron chi connectivity index (χ0n) is 10.0. The SMILES string of the molecule is CC1CCCC1(CN)SC1CCCCC1. The first-order valence-corrected chi connectivity index (χ1v) is 7.53. The van der Waals surface area contributed by atoms with Gasteiger partial charge in [0.15, 0.2) is 0 Å². The Kier molecular flexibility index (Phi) is 4.00. The molecule has 0 amide bonds. The summed E-state index contributed by atoms with van der Waals surface area (Å²) < 4.78 is 0.446. The standard InChI is InChI=1S/C13H25NS/c1-11-6-5-9-13(11,10-14)15-12-7-3-2-4-8-12/h11-12H,2-10,14H2,1H3. The van der Waals surface area contributed by atoms with Gasteiger partial charge in [0.1, 0.15) is 0 Å². The van der Waals surface area contributed by atoms with Crippen LogP contribution in [0.3, 0.4) is 0 Å². The van der Waals surface area contributed by atoms with Crippen molar-refractivity contribution in [2.45, 2.75) is 68.3 Å². The second-order valence-electron chi connectivity index (χ2n) is 5.44. The zero-order valence-corrected chi connectivity index (χ0v) is 10.8. The third-order valence-corrected chi connectivity index (χ3v) is 6.48. The third-order valence-electron chi connectivity index (χ3n) is 4.43. The van der Waals surface area contributed by atoms with Gasteiger partial charge in [-0.25, -0.2) is 0 Å². The molecule has 0 aromatic rings. The van der Waals surface area contributed by atoms with E-state index in [1.807, 2.05) is 0 Å². The third kappa shape index (κ3) is 2.52. The van der Waals surface area contributed by atoms with E-state index in [9.17, 15) is 0 Å². The van der Waals surface area contributed by atoms with Gasteiger partial charge in [-0.15, -0.1) is 0 Å². The van der Waals surface area contributed by atoms with Gasteiger partial charge in [-0.05, 0) is 31.6 Å². The van der Waals surface area contributed by atoms with Crippen LogP contribution >= 0.6 is 11.8 Å². The summed E-state index contributed by atoms with van der Waals surface area (Å²) in [5.41, 5.74) is 6.06. The summed E-state index contributed by atoms with van der Waals surface area (Å²) >= 11 is 2.26. The van der Waals surface area contributed by atoms with Crippen molar-refractivity contribution in [1.82, 2.24) is 0 Å². The summed E-state index contributed by atoms with van der Waals surface area (Å²) in [7, 11) is 0. The van der Waals surface area contributed by atoms with Gasteiger partial charge >= 0.3 is 0 Å². The van der Waals surface area contributed by atoms with Crippen LogP contribution in [0.25, 0.3) is 0 Å². The second-order valence-corrected chi connectivity index (χ2v) is 7.16. The Morgan fingerprint density at radius 3 is 2.40 bits per heavy atom. The van der Waals surface area contributed by atoms with Gasteiger partial charge in [-0.2, -0.15) is 11.8 Å². The number of hydrogen-bond donors (Lipinski definition) is 1. The number of rotatable bonds is 3. The van der Waals surface area contributed by atoms with Crippen LogP contribution in [-0.4, -0.2) is 16.5 Å². The Balaban J connectivity index is 1.94. The van der Waals surface area contributed by atoms with Gasteiger partial charge in [-0.1, -0.05) is 32.6 Å². The van der Waals surface area contributed by atoms with Crippen molar-refractivity contribution in [2.24, 2.45) is 11.7 Å². The summed E-state index contributed by atoms with van der Waals surface area (Å²) in [5, 5.41) is 0.919. The fraction of sp³-hybridized carbons (Fsp3) is 1.00. The molecule has 2 atom stereocenters. The predicted molar refractivity (Wildman–Crippen MR) is 69.3 cm³/mol. The Hall–Kier alpha value is 0.310. The second kappa shape index (κ2) is 5.09. The van der Waals surface area contributed by atoms with E-state index in [1.54, 1.807) is 0 Å². The molecule has 2 rings (SSSR count). The Bertz CT molecular complexity index is 201. The minimum absolute atomic E-state index is 0.446. The molecule has 0 aromatic heterocycles. The van der Waals surface area contributed by atoms with Crippen LogP contribution in [0.15, 0.2) is 0 Å². The first kappa shape index (κ1) is 11.8. The molecule has 0 aromatic carbocycles. The Morgan fingerprint density at radius 2 is 1.87 bits per heavy atom. The van der Waals surface area contributed by atoms with Gasteiger partial charge in [0.25, 0.3) is 0 Å². The normalized spacial score (nSPS) is 38.4. The number of nitrogens with two attached hydrogens (primary N) is 1. The van der Waals surface area contributed by atoms with Crippen LogP contribution in [0.4, 0.5) is 0 Å². The smallest absolute Gasteiger partial charge is 0.0310 e. The molecule has 2 N–H and O–H groups in total. The van der Waals surface area contributed by atoms with Crippen LogP contribution in [-0.2, 0) is 0 Å². The highest BCUT2D eigenvalue weighted by atomic mass is 32.2. The highest BCUT2D eigenvalue weighted by molar-refractivity contribution is 8.01. The molecule has 0 heterocycles. The minimum Gasteiger partial charge on any atom is -0.329 e. The molecule has 2 unspecified atom stereocenters. The monoisotopic (exact) mass is 227 g/mol. The lowest BCUT2D eigenvalue weighted by atomic mass is 9.97.